The first-order valence-electron chi connectivity index (χ1n) is 4.11. The molecular weight excluding hydrogens is 172 g/mol. The molecule has 1 aromatic heterocycles. The summed E-state index contributed by atoms with van der Waals surface area (Å²) in [4.78, 5) is 2.28. The third-order valence-corrected chi connectivity index (χ3v) is 2.74. The van der Waals surface area contributed by atoms with E-state index < -0.39 is 0 Å². The quantitative estimate of drug-likeness (QED) is 0.683. The Labute approximate surface area is 75.6 Å². The molecule has 4 nitrogen and oxygen atoms in total. The van der Waals surface area contributed by atoms with Crippen LogP contribution in [0, 0.1) is 0 Å². The first-order valence-corrected chi connectivity index (χ1v) is 4.99. The largest absolute Gasteiger partial charge is 0.344 e. The molecule has 0 saturated carbocycles. The number of rotatable bonds is 1. The van der Waals surface area contributed by atoms with Gasteiger partial charge in [-0.1, -0.05) is 11.3 Å². The first kappa shape index (κ1) is 7.94. The maximum atomic E-state index is 4.04. The number of hydrogen-bond donors (Lipinski definition) is 1. The fourth-order valence-electron chi connectivity index (χ4n) is 1.41. The van der Waals surface area contributed by atoms with Crippen molar-refractivity contribution in [3.8, 4) is 0 Å². The highest BCUT2D eigenvalue weighted by molar-refractivity contribution is 7.13. The molecule has 1 atom stereocenters. The first-order chi connectivity index (χ1) is 5.86. The van der Waals surface area contributed by atoms with E-state index >= 15 is 0 Å². The number of hydrogen-bond acceptors (Lipinski definition) is 5. The number of aromatic nitrogens is 2. The van der Waals surface area contributed by atoms with Crippen molar-refractivity contribution in [3.63, 3.8) is 0 Å². The fourth-order valence-corrected chi connectivity index (χ4v) is 2.01. The Kier molecular flexibility index (Phi) is 2.23. The van der Waals surface area contributed by atoms with Gasteiger partial charge in [0.1, 0.15) is 5.51 Å². The van der Waals surface area contributed by atoms with Crippen LogP contribution in [0.1, 0.15) is 6.92 Å². The van der Waals surface area contributed by atoms with Gasteiger partial charge >= 0.3 is 0 Å². The molecule has 0 aliphatic carbocycles. The summed E-state index contributed by atoms with van der Waals surface area (Å²) in [7, 11) is 0. The smallest absolute Gasteiger partial charge is 0.208 e. The third kappa shape index (κ3) is 1.56. The van der Waals surface area contributed by atoms with Gasteiger partial charge < -0.3 is 10.2 Å². The monoisotopic (exact) mass is 184 g/mol. The van der Waals surface area contributed by atoms with Gasteiger partial charge in [-0.2, -0.15) is 0 Å². The lowest BCUT2D eigenvalue weighted by atomic mass is 10.2. The highest BCUT2D eigenvalue weighted by Gasteiger charge is 2.17. The molecule has 0 aromatic carbocycles. The summed E-state index contributed by atoms with van der Waals surface area (Å²) in [5.41, 5.74) is 1.78. The van der Waals surface area contributed by atoms with Gasteiger partial charge in [-0.25, -0.2) is 0 Å². The van der Waals surface area contributed by atoms with Crippen LogP contribution in [-0.4, -0.2) is 35.9 Å². The minimum absolute atomic E-state index is 0.558. The van der Waals surface area contributed by atoms with Crippen molar-refractivity contribution in [1.82, 2.24) is 15.5 Å². The van der Waals surface area contributed by atoms with Crippen molar-refractivity contribution < 1.29 is 0 Å². The Hall–Kier alpha value is -0.680. The molecule has 12 heavy (non-hydrogen) atoms. The van der Waals surface area contributed by atoms with E-state index in [-0.39, 0.29) is 0 Å². The lowest BCUT2D eigenvalue weighted by molar-refractivity contribution is 0.483. The van der Waals surface area contributed by atoms with Gasteiger partial charge in [0, 0.05) is 25.7 Å². The second kappa shape index (κ2) is 3.37. The van der Waals surface area contributed by atoms with Crippen LogP contribution >= 0.6 is 11.3 Å². The standard InChI is InChI=1S/C7H12N4S/c1-6-4-11(3-2-8-6)7-10-9-5-12-7/h5-6,8H,2-4H2,1H3/t6-/m1/s1. The summed E-state index contributed by atoms with van der Waals surface area (Å²) in [6.07, 6.45) is 0. The van der Waals surface area contributed by atoms with E-state index in [4.69, 9.17) is 0 Å². The van der Waals surface area contributed by atoms with E-state index in [1.807, 2.05) is 0 Å². The van der Waals surface area contributed by atoms with Crippen molar-refractivity contribution in [3.05, 3.63) is 5.51 Å². The molecule has 0 radical (unpaired) electrons. The molecule has 1 fully saturated rings. The number of piperazine rings is 1. The molecule has 5 heteroatoms. The van der Waals surface area contributed by atoms with Crippen molar-refractivity contribution in [2.24, 2.45) is 0 Å². The zero-order valence-electron chi connectivity index (χ0n) is 7.03. The topological polar surface area (TPSA) is 41.1 Å². The van der Waals surface area contributed by atoms with E-state index in [0.29, 0.717) is 6.04 Å². The Morgan fingerprint density at radius 3 is 3.33 bits per heavy atom. The van der Waals surface area contributed by atoms with Crippen LogP contribution in [0.5, 0.6) is 0 Å². The predicted molar refractivity (Wildman–Crippen MR) is 49.6 cm³/mol. The van der Waals surface area contributed by atoms with E-state index in [2.05, 4.69) is 27.3 Å². The summed E-state index contributed by atoms with van der Waals surface area (Å²) in [5.74, 6) is 0. The highest BCUT2D eigenvalue weighted by atomic mass is 32.1. The van der Waals surface area contributed by atoms with E-state index in [1.165, 1.54) is 0 Å². The van der Waals surface area contributed by atoms with Gasteiger partial charge in [-0.3, -0.25) is 0 Å². The van der Waals surface area contributed by atoms with Crippen LogP contribution < -0.4 is 10.2 Å². The van der Waals surface area contributed by atoms with Gasteiger partial charge in [0.25, 0.3) is 0 Å². The van der Waals surface area contributed by atoms with Gasteiger partial charge in [0.2, 0.25) is 5.13 Å². The fraction of sp³-hybridized carbons (Fsp3) is 0.714. The molecule has 1 N–H and O–H groups in total. The minimum Gasteiger partial charge on any atom is -0.344 e. The Bertz CT molecular complexity index is 236. The lowest BCUT2D eigenvalue weighted by Gasteiger charge is -2.31. The Morgan fingerprint density at radius 1 is 1.75 bits per heavy atom. The number of nitrogens with zero attached hydrogens (tertiary/aromatic N) is 3. The molecule has 0 spiro atoms. The molecule has 0 bridgehead atoms. The summed E-state index contributed by atoms with van der Waals surface area (Å²) in [6, 6.07) is 0.558. The molecule has 0 unspecified atom stereocenters. The molecule has 66 valence electrons. The van der Waals surface area contributed by atoms with Crippen LogP contribution in [0.25, 0.3) is 0 Å². The second-order valence-corrected chi connectivity index (χ2v) is 3.83. The number of anilines is 1. The van der Waals surface area contributed by atoms with Crippen LogP contribution in [0.15, 0.2) is 5.51 Å². The van der Waals surface area contributed by atoms with Gasteiger partial charge in [-0.05, 0) is 6.92 Å². The maximum absolute atomic E-state index is 4.04. The molecule has 1 aliphatic rings. The van der Waals surface area contributed by atoms with Gasteiger partial charge in [0.05, 0.1) is 0 Å². The van der Waals surface area contributed by atoms with E-state index in [0.717, 1.165) is 24.8 Å². The number of nitrogens with one attached hydrogen (secondary N) is 1. The zero-order valence-corrected chi connectivity index (χ0v) is 7.84. The summed E-state index contributed by atoms with van der Waals surface area (Å²) < 4.78 is 0. The van der Waals surface area contributed by atoms with Crippen molar-refractivity contribution in [2.45, 2.75) is 13.0 Å². The summed E-state index contributed by atoms with van der Waals surface area (Å²) in [5, 5.41) is 12.3. The summed E-state index contributed by atoms with van der Waals surface area (Å²) in [6.45, 7) is 5.31. The minimum atomic E-state index is 0.558. The van der Waals surface area contributed by atoms with E-state index in [9.17, 15) is 0 Å². The molecule has 2 rings (SSSR count). The van der Waals surface area contributed by atoms with Crippen molar-refractivity contribution >= 4 is 16.5 Å². The third-order valence-electron chi connectivity index (χ3n) is 1.99. The maximum Gasteiger partial charge on any atom is 0.208 e. The van der Waals surface area contributed by atoms with Gasteiger partial charge in [-0.15, -0.1) is 10.2 Å². The molecular formula is C7H12N4S. The molecule has 0 amide bonds. The SMILES string of the molecule is C[C@@H]1CN(c2nncs2)CCN1. The summed E-state index contributed by atoms with van der Waals surface area (Å²) >= 11 is 1.61. The lowest BCUT2D eigenvalue weighted by Crippen LogP contribution is -2.49. The molecule has 1 aliphatic heterocycles. The van der Waals surface area contributed by atoms with Gasteiger partial charge in [0.15, 0.2) is 0 Å². The molecule has 2 heterocycles. The Morgan fingerprint density at radius 2 is 2.67 bits per heavy atom. The second-order valence-electron chi connectivity index (χ2n) is 3.02. The van der Waals surface area contributed by atoms with Crippen LogP contribution in [-0.2, 0) is 0 Å². The van der Waals surface area contributed by atoms with Crippen molar-refractivity contribution in [2.75, 3.05) is 24.5 Å². The normalized spacial score (nSPS) is 24.4. The van der Waals surface area contributed by atoms with Crippen LogP contribution in [0.4, 0.5) is 5.13 Å². The predicted octanol–water partition coefficient (Wildman–Crippen LogP) is 0.336. The highest BCUT2D eigenvalue weighted by Crippen LogP contribution is 2.16. The average Bonchev–Trinajstić information content (AvgIpc) is 2.56. The average molecular weight is 184 g/mol. The van der Waals surface area contributed by atoms with E-state index in [1.54, 1.807) is 16.8 Å². The van der Waals surface area contributed by atoms with Crippen LogP contribution in [0.3, 0.4) is 0 Å². The van der Waals surface area contributed by atoms with Crippen LogP contribution in [0.2, 0.25) is 0 Å². The Balaban J connectivity index is 2.04. The zero-order chi connectivity index (χ0) is 8.39. The molecule has 1 saturated heterocycles. The molecule has 1 aromatic rings. The van der Waals surface area contributed by atoms with Crippen molar-refractivity contribution in [1.29, 1.82) is 0 Å².